The summed E-state index contributed by atoms with van der Waals surface area (Å²) in [5.41, 5.74) is 0.0129. The number of anilines is 3. The number of alkyl halides is 6. The Kier molecular flexibility index (Phi) is 9.66. The highest BCUT2D eigenvalue weighted by atomic mass is 32.2. The minimum Gasteiger partial charge on any atom is -0.469 e. The van der Waals surface area contributed by atoms with Gasteiger partial charge in [0.25, 0.3) is 17.8 Å². The van der Waals surface area contributed by atoms with Crippen LogP contribution in [-0.4, -0.2) is 105 Å². The van der Waals surface area contributed by atoms with Gasteiger partial charge in [0.2, 0.25) is 20.9 Å². The standard InChI is InChI=1S/C20H24F4N4O2.C17H21F2N3O4S/c1-10-20(23,24)9-28(10)18-25-16-11(4-3-5-19(16,21)22)17(26-18)27-7-13-12(14(13)8-27)6-15(29)30-2;1-26-13(23)6-10-11-7-22(8-12(10)11)15-9-4-3-5-17(18,19)14(9)20-16(21-15)27(2,24)25/h10,12-14H,3-9H2,1-2H3;10-12H,3-8H2,1-2H3/t10?,12?,13-,14+;10?,11-,12+. The maximum Gasteiger partial charge on any atom is 0.305 e. The van der Waals surface area contributed by atoms with E-state index in [4.69, 9.17) is 9.47 Å². The van der Waals surface area contributed by atoms with Crippen LogP contribution in [0.15, 0.2) is 5.16 Å². The predicted molar refractivity (Wildman–Crippen MR) is 191 cm³/mol. The Hall–Kier alpha value is -3.97. The number of ether oxygens (including phenoxy) is 2. The molecule has 20 heteroatoms. The summed E-state index contributed by atoms with van der Waals surface area (Å²) in [6.07, 6.45) is 2.50. The normalized spacial score (nSPS) is 30.8. The first kappa shape index (κ1) is 39.8. The molecular formula is C37H45F6N7O6S. The number of fused-ring (bicyclic) bond motifs is 4. The molecule has 7 aliphatic rings. The second-order valence-electron chi connectivity index (χ2n) is 16.6. The zero-order valence-corrected chi connectivity index (χ0v) is 32.8. The van der Waals surface area contributed by atoms with Crippen LogP contribution in [0.2, 0.25) is 0 Å². The first-order chi connectivity index (χ1) is 26.7. The van der Waals surface area contributed by atoms with Gasteiger partial charge < -0.3 is 24.2 Å². The Balaban J connectivity index is 0.000000161. The first-order valence-electron chi connectivity index (χ1n) is 19.3. The lowest BCUT2D eigenvalue weighted by Gasteiger charge is -2.46. The second kappa shape index (κ2) is 13.8. The lowest BCUT2D eigenvalue weighted by molar-refractivity contribution is -0.142. The van der Waals surface area contributed by atoms with Crippen LogP contribution < -0.4 is 14.7 Å². The number of aromatic nitrogens is 4. The molecule has 3 unspecified atom stereocenters. The third-order valence-corrected chi connectivity index (χ3v) is 14.0. The summed E-state index contributed by atoms with van der Waals surface area (Å²) in [4.78, 5) is 44.6. The van der Waals surface area contributed by atoms with Gasteiger partial charge in [-0.1, -0.05) is 0 Å². The molecule has 2 aromatic heterocycles. The van der Waals surface area contributed by atoms with Crippen molar-refractivity contribution in [2.24, 2.45) is 35.5 Å². The molecule has 3 saturated heterocycles. The maximum atomic E-state index is 14.7. The van der Waals surface area contributed by atoms with Gasteiger partial charge in [-0.3, -0.25) is 9.59 Å². The van der Waals surface area contributed by atoms with Gasteiger partial charge in [0.15, 0.2) is 0 Å². The number of sulfone groups is 1. The van der Waals surface area contributed by atoms with Crippen LogP contribution in [0.25, 0.3) is 0 Å². The number of hydrogen-bond donors (Lipinski definition) is 0. The van der Waals surface area contributed by atoms with Crippen molar-refractivity contribution in [1.82, 2.24) is 19.9 Å². The summed E-state index contributed by atoms with van der Waals surface area (Å²) in [5, 5.41) is -0.551. The van der Waals surface area contributed by atoms with E-state index in [9.17, 15) is 44.3 Å². The topological polar surface area (TPSA) is 148 Å². The molecular weight excluding hydrogens is 785 g/mol. The van der Waals surface area contributed by atoms with Crippen LogP contribution in [0.4, 0.5) is 43.9 Å². The zero-order chi connectivity index (χ0) is 41.0. The van der Waals surface area contributed by atoms with Crippen LogP contribution >= 0.6 is 0 Å². The van der Waals surface area contributed by atoms with E-state index in [1.807, 2.05) is 9.80 Å². The Labute approximate surface area is 325 Å². The summed E-state index contributed by atoms with van der Waals surface area (Å²) in [6, 6.07) is -1.13. The van der Waals surface area contributed by atoms with Crippen molar-refractivity contribution in [2.75, 3.05) is 67.9 Å². The smallest absolute Gasteiger partial charge is 0.305 e. The predicted octanol–water partition coefficient (Wildman–Crippen LogP) is 4.55. The molecule has 0 N–H and O–H groups in total. The monoisotopic (exact) mass is 829 g/mol. The molecule has 4 aliphatic carbocycles. The molecule has 0 spiro atoms. The fraction of sp³-hybridized carbons (Fsp3) is 0.730. The van der Waals surface area contributed by atoms with Gasteiger partial charge in [0.05, 0.1) is 26.8 Å². The number of nitrogens with zero attached hydrogens (tertiary/aromatic N) is 7. The second-order valence-corrected chi connectivity index (χ2v) is 18.5. The van der Waals surface area contributed by atoms with E-state index in [2.05, 4.69) is 19.9 Å². The van der Waals surface area contributed by atoms with Crippen molar-refractivity contribution in [3.8, 4) is 0 Å². The van der Waals surface area contributed by atoms with Gasteiger partial charge in [-0.15, -0.1) is 0 Å². The Morgan fingerprint density at radius 3 is 1.56 bits per heavy atom. The van der Waals surface area contributed by atoms with Crippen LogP contribution in [0.1, 0.15) is 68.0 Å². The van der Waals surface area contributed by atoms with Crippen LogP contribution in [0.3, 0.4) is 0 Å². The summed E-state index contributed by atoms with van der Waals surface area (Å²) >= 11 is 0. The van der Waals surface area contributed by atoms with Gasteiger partial charge in [0, 0.05) is 69.2 Å². The minimum absolute atomic E-state index is 0.0459. The quantitative estimate of drug-likeness (QED) is 0.209. The Bertz CT molecular complexity index is 2070. The molecule has 5 heterocycles. The molecule has 5 fully saturated rings. The van der Waals surface area contributed by atoms with E-state index in [0.29, 0.717) is 99.3 Å². The number of halogens is 6. The van der Waals surface area contributed by atoms with Gasteiger partial charge in [-0.25, -0.2) is 32.2 Å². The molecule has 0 aromatic carbocycles. The summed E-state index contributed by atoms with van der Waals surface area (Å²) < 4.78 is 119. The average Bonchev–Trinajstić information content (AvgIpc) is 3.77. The van der Waals surface area contributed by atoms with Gasteiger partial charge in [-0.05, 0) is 68.1 Å². The van der Waals surface area contributed by atoms with E-state index in [-0.39, 0.29) is 60.1 Å². The fourth-order valence-electron chi connectivity index (χ4n) is 9.66. The van der Waals surface area contributed by atoms with Crippen molar-refractivity contribution in [1.29, 1.82) is 0 Å². The zero-order valence-electron chi connectivity index (χ0n) is 32.0. The molecule has 3 aliphatic heterocycles. The van der Waals surface area contributed by atoms with Crippen molar-refractivity contribution in [2.45, 2.75) is 87.3 Å². The molecule has 9 rings (SSSR count). The first-order valence-corrected chi connectivity index (χ1v) is 21.2. The summed E-state index contributed by atoms with van der Waals surface area (Å²) in [7, 11) is -1.10. The van der Waals surface area contributed by atoms with Crippen molar-refractivity contribution >= 4 is 39.4 Å². The third-order valence-electron chi connectivity index (χ3n) is 13.1. The molecule has 0 bridgehead atoms. The highest BCUT2D eigenvalue weighted by Crippen LogP contribution is 2.57. The van der Waals surface area contributed by atoms with Gasteiger partial charge >= 0.3 is 11.9 Å². The van der Waals surface area contributed by atoms with E-state index in [0.717, 1.165) is 6.26 Å². The molecule has 2 saturated carbocycles. The molecule has 0 radical (unpaired) electrons. The van der Waals surface area contributed by atoms with Gasteiger partial charge in [0.1, 0.15) is 23.0 Å². The van der Waals surface area contributed by atoms with Crippen LogP contribution in [0.5, 0.6) is 0 Å². The van der Waals surface area contributed by atoms with E-state index in [1.54, 1.807) is 0 Å². The molecule has 57 heavy (non-hydrogen) atoms. The molecule has 312 valence electrons. The largest absolute Gasteiger partial charge is 0.469 e. The number of hydrogen-bond acceptors (Lipinski definition) is 13. The van der Waals surface area contributed by atoms with Crippen molar-refractivity contribution in [3.05, 3.63) is 22.5 Å². The number of carbonyl (C=O) groups is 2. The van der Waals surface area contributed by atoms with Crippen molar-refractivity contribution < 1.29 is 53.8 Å². The number of piperidine rings is 2. The Morgan fingerprint density at radius 2 is 1.16 bits per heavy atom. The number of carbonyl (C=O) groups excluding carboxylic acids is 2. The average molecular weight is 830 g/mol. The fourth-order valence-corrected chi connectivity index (χ4v) is 10.2. The van der Waals surface area contributed by atoms with Crippen molar-refractivity contribution in [3.63, 3.8) is 0 Å². The van der Waals surface area contributed by atoms with E-state index >= 15 is 0 Å². The summed E-state index contributed by atoms with van der Waals surface area (Å²) in [6.45, 7) is 3.17. The SMILES string of the molecule is COC(=O)CC1[C@H]2CN(c3nc(N4CC(F)(F)C4C)nc4c3CCCC4(F)F)C[C@@H]12.COC(=O)CC1[C@H]2CN(c3nc(S(C)(=O)=O)nc4c3CCCC4(F)F)C[C@@H]12. The number of rotatable bonds is 8. The molecule has 2 aromatic rings. The number of esters is 2. The third kappa shape index (κ3) is 7.14. The number of methoxy groups -OCH3 is 2. The lowest BCUT2D eigenvalue weighted by atomic mass is 9.92. The van der Waals surface area contributed by atoms with Gasteiger partial charge in [-0.2, -0.15) is 22.5 Å². The Morgan fingerprint density at radius 1 is 0.719 bits per heavy atom. The highest BCUT2D eigenvalue weighted by Gasteiger charge is 2.59. The van der Waals surface area contributed by atoms with Crippen LogP contribution in [0, 0.1) is 35.5 Å². The molecule has 13 nitrogen and oxygen atoms in total. The highest BCUT2D eigenvalue weighted by molar-refractivity contribution is 7.90. The molecule has 0 amide bonds. The van der Waals surface area contributed by atoms with E-state index < -0.39 is 51.0 Å². The summed E-state index contributed by atoms with van der Waals surface area (Å²) in [5.74, 6) is -7.26. The minimum atomic E-state index is -3.81. The maximum absolute atomic E-state index is 14.7. The molecule has 7 atom stereocenters. The lowest BCUT2D eigenvalue weighted by Crippen LogP contribution is -2.64. The van der Waals surface area contributed by atoms with E-state index in [1.165, 1.54) is 26.0 Å². The van der Waals surface area contributed by atoms with Crippen LogP contribution in [-0.2, 0) is 53.6 Å².